The van der Waals surface area contributed by atoms with Crippen LogP contribution in [0, 0.1) is 33.6 Å². The molecule has 1 aliphatic heterocycles. The number of sulfonamides is 1. The van der Waals surface area contributed by atoms with Crippen LogP contribution in [0.1, 0.15) is 55.9 Å². The van der Waals surface area contributed by atoms with Gasteiger partial charge >= 0.3 is 0 Å². The first-order valence-corrected chi connectivity index (χ1v) is 10.7. The van der Waals surface area contributed by atoms with Crippen LogP contribution in [0.4, 0.5) is 0 Å². The van der Waals surface area contributed by atoms with Crippen LogP contribution in [0.15, 0.2) is 11.0 Å². The van der Waals surface area contributed by atoms with Crippen LogP contribution in [-0.2, 0) is 14.8 Å². The number of nitrogens with one attached hydrogen (secondary N) is 1. The number of hydrogen-bond acceptors (Lipinski definition) is 3. The van der Waals surface area contributed by atoms with Crippen molar-refractivity contribution in [1.29, 1.82) is 0 Å². The number of benzene rings is 1. The lowest BCUT2D eigenvalue weighted by atomic mass is 9.96. The molecule has 1 aromatic carbocycles. The van der Waals surface area contributed by atoms with Crippen molar-refractivity contribution in [3.8, 4) is 0 Å². The van der Waals surface area contributed by atoms with Gasteiger partial charge in [-0.1, -0.05) is 6.07 Å². The summed E-state index contributed by atoms with van der Waals surface area (Å²) in [5.41, 5.74) is 3.35. The maximum Gasteiger partial charge on any atom is 0.243 e. The molecule has 2 rings (SSSR count). The van der Waals surface area contributed by atoms with E-state index in [1.807, 2.05) is 54.5 Å². The highest BCUT2D eigenvalue weighted by Gasteiger charge is 2.34. The van der Waals surface area contributed by atoms with Gasteiger partial charge in [-0.2, -0.15) is 4.31 Å². The highest BCUT2D eigenvalue weighted by atomic mass is 32.2. The molecule has 0 bridgehead atoms. The van der Waals surface area contributed by atoms with E-state index in [1.54, 1.807) is 4.31 Å². The number of nitrogens with zero attached hydrogens (tertiary/aromatic N) is 1. The fraction of sp³-hybridized carbons (Fsp3) is 0.650. The highest BCUT2D eigenvalue weighted by molar-refractivity contribution is 7.89. The standard InChI is InChI=1S/C20H32N2O3S/c1-13-12-14(2)16(4)18(15(13)3)26(24,25)22-10-8-17(9-11-22)19(23)21-20(5,6)7/h12,17H,8-11H2,1-7H3,(H,21,23). The van der Waals surface area contributed by atoms with E-state index in [9.17, 15) is 13.2 Å². The topological polar surface area (TPSA) is 66.5 Å². The molecule has 0 saturated carbocycles. The normalized spacial score (nSPS) is 17.3. The van der Waals surface area contributed by atoms with E-state index in [0.717, 1.165) is 22.3 Å². The molecule has 1 fully saturated rings. The van der Waals surface area contributed by atoms with Gasteiger partial charge < -0.3 is 5.32 Å². The fourth-order valence-corrected chi connectivity index (χ4v) is 5.57. The van der Waals surface area contributed by atoms with Gasteiger partial charge in [-0.15, -0.1) is 0 Å². The summed E-state index contributed by atoms with van der Waals surface area (Å²) in [6.07, 6.45) is 1.12. The first kappa shape index (κ1) is 20.9. The van der Waals surface area contributed by atoms with Gasteiger partial charge in [-0.05, 0) is 83.6 Å². The zero-order chi connectivity index (χ0) is 19.9. The fourth-order valence-electron chi connectivity index (χ4n) is 3.53. The van der Waals surface area contributed by atoms with E-state index in [2.05, 4.69) is 5.32 Å². The van der Waals surface area contributed by atoms with Crippen molar-refractivity contribution in [1.82, 2.24) is 9.62 Å². The Morgan fingerprint density at radius 2 is 1.50 bits per heavy atom. The predicted octanol–water partition coefficient (Wildman–Crippen LogP) is 3.24. The van der Waals surface area contributed by atoms with E-state index in [4.69, 9.17) is 0 Å². The van der Waals surface area contributed by atoms with Crippen LogP contribution in [0.5, 0.6) is 0 Å². The molecule has 6 heteroatoms. The Kier molecular flexibility index (Phi) is 5.88. The zero-order valence-electron chi connectivity index (χ0n) is 17.1. The number of carbonyl (C=O) groups is 1. The Balaban J connectivity index is 2.21. The first-order valence-electron chi connectivity index (χ1n) is 9.24. The van der Waals surface area contributed by atoms with Gasteiger partial charge in [0.1, 0.15) is 0 Å². The Labute approximate surface area is 158 Å². The molecule has 146 valence electrons. The van der Waals surface area contributed by atoms with Crippen molar-refractivity contribution in [2.45, 2.75) is 71.7 Å². The van der Waals surface area contributed by atoms with Gasteiger partial charge in [0.05, 0.1) is 4.90 Å². The monoisotopic (exact) mass is 380 g/mol. The minimum atomic E-state index is -3.55. The quantitative estimate of drug-likeness (QED) is 0.875. The minimum absolute atomic E-state index is 0.0216. The molecule has 0 radical (unpaired) electrons. The van der Waals surface area contributed by atoms with Crippen molar-refractivity contribution in [3.05, 3.63) is 28.3 Å². The Morgan fingerprint density at radius 3 is 1.92 bits per heavy atom. The SMILES string of the molecule is Cc1cc(C)c(C)c(S(=O)(=O)N2CCC(C(=O)NC(C)(C)C)CC2)c1C. The molecule has 1 heterocycles. The maximum absolute atomic E-state index is 13.3. The summed E-state index contributed by atoms with van der Waals surface area (Å²) < 4.78 is 28.1. The van der Waals surface area contributed by atoms with E-state index in [1.165, 1.54) is 0 Å². The molecular formula is C20H32N2O3S. The molecule has 0 aliphatic carbocycles. The number of aryl methyl sites for hydroxylation is 2. The van der Waals surface area contributed by atoms with Crippen LogP contribution in [0.2, 0.25) is 0 Å². The summed E-state index contributed by atoms with van der Waals surface area (Å²) in [6.45, 7) is 14.3. The number of carbonyl (C=O) groups excluding carboxylic acids is 1. The molecule has 1 N–H and O–H groups in total. The molecule has 0 atom stereocenters. The molecule has 1 aliphatic rings. The molecular weight excluding hydrogens is 348 g/mol. The summed E-state index contributed by atoms with van der Waals surface area (Å²) >= 11 is 0. The smallest absolute Gasteiger partial charge is 0.243 e. The molecule has 1 aromatic rings. The van der Waals surface area contributed by atoms with Gasteiger partial charge in [0.2, 0.25) is 15.9 Å². The van der Waals surface area contributed by atoms with Crippen molar-refractivity contribution in [3.63, 3.8) is 0 Å². The maximum atomic E-state index is 13.3. The largest absolute Gasteiger partial charge is 0.351 e. The molecule has 26 heavy (non-hydrogen) atoms. The van der Waals surface area contributed by atoms with E-state index < -0.39 is 10.0 Å². The van der Waals surface area contributed by atoms with Gasteiger partial charge in [0.15, 0.2) is 0 Å². The van der Waals surface area contributed by atoms with Gasteiger partial charge in [-0.25, -0.2) is 8.42 Å². The van der Waals surface area contributed by atoms with E-state index in [-0.39, 0.29) is 17.4 Å². The lowest BCUT2D eigenvalue weighted by Crippen LogP contribution is -2.48. The summed E-state index contributed by atoms with van der Waals surface area (Å²) in [7, 11) is -3.55. The number of rotatable bonds is 3. The van der Waals surface area contributed by atoms with Crippen LogP contribution in [0.25, 0.3) is 0 Å². The molecule has 0 spiro atoms. The zero-order valence-corrected chi connectivity index (χ0v) is 17.9. The second-order valence-corrected chi connectivity index (χ2v) is 10.4. The summed E-state index contributed by atoms with van der Waals surface area (Å²) in [6, 6.07) is 2.03. The number of amides is 1. The summed E-state index contributed by atoms with van der Waals surface area (Å²) in [5, 5.41) is 3.00. The van der Waals surface area contributed by atoms with Crippen molar-refractivity contribution >= 4 is 15.9 Å². The Hall–Kier alpha value is -1.40. The van der Waals surface area contributed by atoms with E-state index in [0.29, 0.717) is 30.8 Å². The molecule has 5 nitrogen and oxygen atoms in total. The second-order valence-electron chi connectivity index (χ2n) is 8.51. The minimum Gasteiger partial charge on any atom is -0.351 e. The predicted molar refractivity (Wildman–Crippen MR) is 105 cm³/mol. The Morgan fingerprint density at radius 1 is 1.04 bits per heavy atom. The average Bonchev–Trinajstić information content (AvgIpc) is 2.51. The van der Waals surface area contributed by atoms with Crippen LogP contribution >= 0.6 is 0 Å². The highest BCUT2D eigenvalue weighted by Crippen LogP contribution is 2.31. The average molecular weight is 381 g/mol. The molecule has 1 amide bonds. The van der Waals surface area contributed by atoms with Gasteiger partial charge in [-0.3, -0.25) is 4.79 Å². The Bertz CT molecular complexity index is 773. The third-order valence-corrected chi connectivity index (χ3v) is 7.39. The van der Waals surface area contributed by atoms with Gasteiger partial charge in [0, 0.05) is 24.5 Å². The van der Waals surface area contributed by atoms with Crippen molar-refractivity contribution in [2.24, 2.45) is 5.92 Å². The summed E-state index contributed by atoms with van der Waals surface area (Å²) in [5.74, 6) is -0.101. The molecule has 0 aromatic heterocycles. The van der Waals surface area contributed by atoms with Crippen LogP contribution in [-0.4, -0.2) is 37.3 Å². The van der Waals surface area contributed by atoms with Crippen LogP contribution in [0.3, 0.4) is 0 Å². The van der Waals surface area contributed by atoms with Gasteiger partial charge in [0.25, 0.3) is 0 Å². The second kappa shape index (κ2) is 7.31. The van der Waals surface area contributed by atoms with Crippen molar-refractivity contribution in [2.75, 3.05) is 13.1 Å². The number of piperidine rings is 1. The third-order valence-electron chi connectivity index (χ3n) is 5.22. The van der Waals surface area contributed by atoms with Crippen LogP contribution < -0.4 is 5.32 Å². The molecule has 0 unspecified atom stereocenters. The lowest BCUT2D eigenvalue weighted by Gasteiger charge is -2.33. The first-order chi connectivity index (χ1) is 11.8. The third kappa shape index (κ3) is 4.29. The van der Waals surface area contributed by atoms with Crippen molar-refractivity contribution < 1.29 is 13.2 Å². The summed E-state index contributed by atoms with van der Waals surface area (Å²) in [4.78, 5) is 12.8. The van der Waals surface area contributed by atoms with E-state index >= 15 is 0 Å². The number of hydrogen-bond donors (Lipinski definition) is 1. The molecule has 1 saturated heterocycles. The lowest BCUT2D eigenvalue weighted by molar-refractivity contribution is -0.127.